The Morgan fingerprint density at radius 2 is 1.81 bits per heavy atom. The van der Waals surface area contributed by atoms with Crippen LogP contribution in [0.25, 0.3) is 0 Å². The maximum Gasteiger partial charge on any atom is 0.417 e. The number of carbonyl (C=O) groups excluding carboxylic acids is 1. The van der Waals surface area contributed by atoms with Crippen molar-refractivity contribution in [2.24, 2.45) is 5.92 Å². The molecular formula is C13H13F5O3. The molecule has 1 aromatic carbocycles. The van der Waals surface area contributed by atoms with Gasteiger partial charge in [0, 0.05) is 0 Å². The van der Waals surface area contributed by atoms with Crippen molar-refractivity contribution in [1.82, 2.24) is 0 Å². The average Bonchev–Trinajstić information content (AvgIpc) is 2.38. The standard InChI is InChI=1S/C13H13F5O3/c1-6(12(2,20)13(16,17)18)10(19)7-4-5-8(14)9(15)11(7)21-3/h4-6,20H,1-3H3. The van der Waals surface area contributed by atoms with Crippen molar-refractivity contribution in [2.75, 3.05) is 7.11 Å². The summed E-state index contributed by atoms with van der Waals surface area (Å²) >= 11 is 0. The van der Waals surface area contributed by atoms with Gasteiger partial charge in [0.1, 0.15) is 0 Å². The SMILES string of the molecule is COc1c(C(=O)C(C)C(C)(O)C(F)(F)F)ccc(F)c1F. The van der Waals surface area contributed by atoms with E-state index >= 15 is 0 Å². The second-order valence-corrected chi connectivity index (χ2v) is 4.67. The van der Waals surface area contributed by atoms with Crippen molar-refractivity contribution < 1.29 is 36.6 Å². The number of rotatable bonds is 4. The summed E-state index contributed by atoms with van der Waals surface area (Å²) in [5, 5.41) is 9.48. The van der Waals surface area contributed by atoms with Gasteiger partial charge in [-0.3, -0.25) is 4.79 Å². The molecule has 2 unspecified atom stereocenters. The molecular weight excluding hydrogens is 299 g/mol. The van der Waals surface area contributed by atoms with Gasteiger partial charge in [0.25, 0.3) is 0 Å². The summed E-state index contributed by atoms with van der Waals surface area (Å²) in [5.41, 5.74) is -3.90. The zero-order valence-corrected chi connectivity index (χ0v) is 11.4. The van der Waals surface area contributed by atoms with Gasteiger partial charge >= 0.3 is 6.18 Å². The van der Waals surface area contributed by atoms with Gasteiger partial charge in [-0.2, -0.15) is 17.6 Å². The van der Waals surface area contributed by atoms with E-state index in [9.17, 15) is 31.9 Å². The van der Waals surface area contributed by atoms with Crippen LogP contribution in [0.15, 0.2) is 12.1 Å². The Morgan fingerprint density at radius 1 is 1.29 bits per heavy atom. The predicted octanol–water partition coefficient (Wildman–Crippen LogP) is 3.11. The minimum absolute atomic E-state index is 0.432. The summed E-state index contributed by atoms with van der Waals surface area (Å²) < 4.78 is 69.2. The van der Waals surface area contributed by atoms with Crippen LogP contribution in [0.5, 0.6) is 5.75 Å². The number of carbonyl (C=O) groups is 1. The van der Waals surface area contributed by atoms with Gasteiger partial charge in [-0.15, -0.1) is 0 Å². The number of ether oxygens (including phenoxy) is 1. The summed E-state index contributed by atoms with van der Waals surface area (Å²) in [6, 6.07) is 1.41. The Kier molecular flexibility index (Phi) is 4.62. The monoisotopic (exact) mass is 312 g/mol. The maximum absolute atomic E-state index is 13.5. The molecule has 1 rings (SSSR count). The smallest absolute Gasteiger partial charge is 0.417 e. The molecule has 0 fully saturated rings. The summed E-state index contributed by atoms with van der Waals surface area (Å²) in [4.78, 5) is 12.1. The van der Waals surface area contributed by atoms with Gasteiger partial charge in [0.15, 0.2) is 23.0 Å². The lowest BCUT2D eigenvalue weighted by molar-refractivity contribution is -0.263. The molecule has 8 heteroatoms. The van der Waals surface area contributed by atoms with Crippen molar-refractivity contribution in [2.45, 2.75) is 25.6 Å². The first-order valence-corrected chi connectivity index (χ1v) is 5.80. The number of halogens is 5. The molecule has 0 radical (unpaired) electrons. The van der Waals surface area contributed by atoms with Crippen LogP contribution >= 0.6 is 0 Å². The van der Waals surface area contributed by atoms with Gasteiger partial charge in [-0.25, -0.2) is 4.39 Å². The summed E-state index contributed by atoms with van der Waals surface area (Å²) in [7, 11) is 0.946. The molecule has 0 heterocycles. The maximum atomic E-state index is 13.5. The minimum atomic E-state index is -5.06. The zero-order valence-electron chi connectivity index (χ0n) is 11.4. The van der Waals surface area contributed by atoms with E-state index in [2.05, 4.69) is 4.74 Å². The third kappa shape index (κ3) is 2.99. The van der Waals surface area contributed by atoms with Crippen LogP contribution in [0.2, 0.25) is 0 Å². The molecule has 0 saturated carbocycles. The molecule has 0 saturated heterocycles. The van der Waals surface area contributed by atoms with Crippen molar-refractivity contribution in [3.63, 3.8) is 0 Å². The van der Waals surface area contributed by atoms with E-state index in [-0.39, 0.29) is 0 Å². The highest BCUT2D eigenvalue weighted by Gasteiger charge is 2.55. The Morgan fingerprint density at radius 3 is 2.24 bits per heavy atom. The largest absolute Gasteiger partial charge is 0.493 e. The average molecular weight is 312 g/mol. The molecule has 3 nitrogen and oxygen atoms in total. The third-order valence-corrected chi connectivity index (χ3v) is 3.33. The molecule has 0 amide bonds. The number of Topliss-reactive ketones (excluding diaryl/α,β-unsaturated/α-hetero) is 1. The van der Waals surface area contributed by atoms with E-state index in [1.165, 1.54) is 0 Å². The number of methoxy groups -OCH3 is 1. The fraction of sp³-hybridized carbons (Fsp3) is 0.462. The minimum Gasteiger partial charge on any atom is -0.493 e. The molecule has 0 aliphatic carbocycles. The van der Waals surface area contributed by atoms with E-state index in [1.54, 1.807) is 0 Å². The lowest BCUT2D eigenvalue weighted by Crippen LogP contribution is -2.50. The molecule has 0 bridgehead atoms. The van der Waals surface area contributed by atoms with Crippen LogP contribution in [0.4, 0.5) is 22.0 Å². The molecule has 0 aromatic heterocycles. The molecule has 0 spiro atoms. The van der Waals surface area contributed by atoms with Gasteiger partial charge in [-0.1, -0.05) is 6.92 Å². The lowest BCUT2D eigenvalue weighted by atomic mass is 9.83. The first-order chi connectivity index (χ1) is 9.45. The van der Waals surface area contributed by atoms with Crippen LogP contribution in [-0.4, -0.2) is 29.8 Å². The fourth-order valence-electron chi connectivity index (χ4n) is 1.66. The predicted molar refractivity (Wildman–Crippen MR) is 63.1 cm³/mol. The second-order valence-electron chi connectivity index (χ2n) is 4.67. The Labute approximate surface area is 117 Å². The van der Waals surface area contributed by atoms with E-state index in [4.69, 9.17) is 0 Å². The summed E-state index contributed by atoms with van der Waals surface area (Å²) in [5.74, 6) is -6.74. The number of benzene rings is 1. The Balaban J connectivity index is 3.30. The van der Waals surface area contributed by atoms with Crippen LogP contribution in [-0.2, 0) is 0 Å². The number of ketones is 1. The number of aliphatic hydroxyl groups is 1. The van der Waals surface area contributed by atoms with Gasteiger partial charge in [-0.05, 0) is 19.1 Å². The number of alkyl halides is 3. The highest BCUT2D eigenvalue weighted by atomic mass is 19.4. The Bertz CT molecular complexity index is 551. The Hall–Kier alpha value is -1.70. The van der Waals surface area contributed by atoms with Gasteiger partial charge in [0.2, 0.25) is 5.82 Å². The van der Waals surface area contributed by atoms with E-state index in [0.717, 1.165) is 20.1 Å². The number of hydrogen-bond donors (Lipinski definition) is 1. The second kappa shape index (κ2) is 5.59. The van der Waals surface area contributed by atoms with E-state index in [0.29, 0.717) is 13.0 Å². The van der Waals surface area contributed by atoms with Gasteiger partial charge < -0.3 is 9.84 Å². The molecule has 0 aliphatic rings. The van der Waals surface area contributed by atoms with Crippen LogP contribution in [0, 0.1) is 17.6 Å². The number of hydrogen-bond acceptors (Lipinski definition) is 3. The van der Waals surface area contributed by atoms with Crippen LogP contribution < -0.4 is 4.74 Å². The fourth-order valence-corrected chi connectivity index (χ4v) is 1.66. The molecule has 118 valence electrons. The molecule has 2 atom stereocenters. The molecule has 1 N–H and O–H groups in total. The van der Waals surface area contributed by atoms with Crippen LogP contribution in [0.3, 0.4) is 0 Å². The molecule has 1 aromatic rings. The van der Waals surface area contributed by atoms with Crippen molar-refractivity contribution in [3.05, 3.63) is 29.3 Å². The summed E-state index contributed by atoms with van der Waals surface area (Å²) in [6.45, 7) is 1.28. The zero-order chi connectivity index (χ0) is 16.6. The first-order valence-electron chi connectivity index (χ1n) is 5.80. The topological polar surface area (TPSA) is 46.5 Å². The lowest BCUT2D eigenvalue weighted by Gasteiger charge is -2.31. The first kappa shape index (κ1) is 17.4. The summed E-state index contributed by atoms with van der Waals surface area (Å²) in [6.07, 6.45) is -5.06. The quantitative estimate of drug-likeness (QED) is 0.686. The highest BCUT2D eigenvalue weighted by Crippen LogP contribution is 2.38. The van der Waals surface area contributed by atoms with E-state index in [1.807, 2.05) is 0 Å². The molecule has 21 heavy (non-hydrogen) atoms. The highest BCUT2D eigenvalue weighted by molar-refractivity contribution is 6.00. The third-order valence-electron chi connectivity index (χ3n) is 3.33. The van der Waals surface area contributed by atoms with E-state index < -0.39 is 46.4 Å². The van der Waals surface area contributed by atoms with Crippen molar-refractivity contribution in [3.8, 4) is 5.75 Å². The van der Waals surface area contributed by atoms with Crippen molar-refractivity contribution >= 4 is 5.78 Å². The van der Waals surface area contributed by atoms with Crippen molar-refractivity contribution in [1.29, 1.82) is 0 Å². The molecule has 0 aliphatic heterocycles. The van der Waals surface area contributed by atoms with Crippen LogP contribution in [0.1, 0.15) is 24.2 Å². The normalized spacial score (nSPS) is 16.2. The van der Waals surface area contributed by atoms with Gasteiger partial charge in [0.05, 0.1) is 18.6 Å².